The second kappa shape index (κ2) is 9.44. The summed E-state index contributed by atoms with van der Waals surface area (Å²) in [5.74, 6) is -0.172. The van der Waals surface area contributed by atoms with E-state index < -0.39 is 5.60 Å². The molecule has 7 heteroatoms. The van der Waals surface area contributed by atoms with Crippen molar-refractivity contribution in [2.45, 2.75) is 44.2 Å². The summed E-state index contributed by atoms with van der Waals surface area (Å²) in [5, 5.41) is 15.2. The number of rotatable bonds is 5. The van der Waals surface area contributed by atoms with Crippen LogP contribution in [0.2, 0.25) is 5.02 Å². The number of aryl methyl sites for hydroxylation is 1. The van der Waals surface area contributed by atoms with E-state index in [1.165, 1.54) is 6.20 Å². The van der Waals surface area contributed by atoms with Crippen molar-refractivity contribution in [3.8, 4) is 0 Å². The number of aromatic nitrogens is 1. The summed E-state index contributed by atoms with van der Waals surface area (Å²) < 4.78 is 0. The first-order chi connectivity index (χ1) is 16.9. The highest BCUT2D eigenvalue weighted by Crippen LogP contribution is 2.45. The maximum absolute atomic E-state index is 13.6. The van der Waals surface area contributed by atoms with Crippen LogP contribution in [0.4, 0.5) is 5.69 Å². The topological polar surface area (TPSA) is 82.5 Å². The van der Waals surface area contributed by atoms with Crippen LogP contribution in [0.1, 0.15) is 52.9 Å². The van der Waals surface area contributed by atoms with Crippen molar-refractivity contribution >= 4 is 29.1 Å². The Morgan fingerprint density at radius 2 is 1.80 bits per heavy atom. The van der Waals surface area contributed by atoms with Crippen molar-refractivity contribution in [3.63, 3.8) is 0 Å². The van der Waals surface area contributed by atoms with Gasteiger partial charge in [-0.1, -0.05) is 60.1 Å². The van der Waals surface area contributed by atoms with Crippen LogP contribution in [-0.2, 0) is 10.4 Å². The van der Waals surface area contributed by atoms with Gasteiger partial charge in [0.15, 0.2) is 5.60 Å². The summed E-state index contributed by atoms with van der Waals surface area (Å²) in [6, 6.07) is 18.3. The lowest BCUT2D eigenvalue weighted by atomic mass is 9.85. The minimum Gasteiger partial charge on any atom is -0.372 e. The van der Waals surface area contributed by atoms with Crippen molar-refractivity contribution in [2.75, 3.05) is 11.4 Å². The van der Waals surface area contributed by atoms with Crippen LogP contribution in [-0.4, -0.2) is 34.5 Å². The monoisotopic (exact) mass is 489 g/mol. The summed E-state index contributed by atoms with van der Waals surface area (Å²) in [4.78, 5) is 32.2. The third-order valence-corrected chi connectivity index (χ3v) is 7.46. The van der Waals surface area contributed by atoms with Crippen molar-refractivity contribution in [3.05, 3.63) is 94.3 Å². The molecular formula is C28H28ClN3O3. The number of nitrogens with one attached hydrogen (secondary N) is 1. The number of nitrogens with zero attached hydrogens (tertiary/aromatic N) is 2. The van der Waals surface area contributed by atoms with Gasteiger partial charge in [-0.3, -0.25) is 14.6 Å². The van der Waals surface area contributed by atoms with E-state index >= 15 is 0 Å². The van der Waals surface area contributed by atoms with Gasteiger partial charge in [0.05, 0.1) is 22.0 Å². The number of aliphatic hydroxyl groups is 1. The summed E-state index contributed by atoms with van der Waals surface area (Å²) in [5.41, 5.74) is 1.45. The molecule has 2 aromatic carbocycles. The zero-order chi connectivity index (χ0) is 24.6. The molecule has 0 saturated heterocycles. The van der Waals surface area contributed by atoms with Gasteiger partial charge in [0, 0.05) is 24.3 Å². The van der Waals surface area contributed by atoms with E-state index in [-0.39, 0.29) is 23.8 Å². The number of anilines is 1. The minimum absolute atomic E-state index is 0.0694. The van der Waals surface area contributed by atoms with Gasteiger partial charge in [-0.25, -0.2) is 0 Å². The third-order valence-electron chi connectivity index (χ3n) is 7.25. The first-order valence-electron chi connectivity index (χ1n) is 12.0. The maximum atomic E-state index is 13.6. The van der Waals surface area contributed by atoms with Crippen molar-refractivity contribution in [1.29, 1.82) is 0 Å². The summed E-state index contributed by atoms with van der Waals surface area (Å²) in [6.07, 6.45) is 4.96. The number of para-hydroxylation sites is 1. The van der Waals surface area contributed by atoms with E-state index in [4.69, 9.17) is 11.6 Å². The molecule has 1 atom stereocenters. The van der Waals surface area contributed by atoms with E-state index in [1.807, 2.05) is 42.5 Å². The van der Waals surface area contributed by atoms with Gasteiger partial charge in [0.2, 0.25) is 0 Å². The Labute approximate surface area is 209 Å². The molecule has 3 aromatic rings. The largest absolute Gasteiger partial charge is 0.372 e. The molecule has 2 N–H and O–H groups in total. The molecule has 35 heavy (non-hydrogen) atoms. The Balaban J connectivity index is 1.26. The number of hydrogen-bond donors (Lipinski definition) is 2. The molecule has 1 saturated carbocycles. The molecule has 180 valence electrons. The standard InChI is InChI=1S/C28H28ClN3O3/c1-18-23(15-21(29)16-30-18)26(33)31-22-13-11-19(12-14-22)17-32-25-10-6-5-9-24(25)28(35,27(32)34)20-7-3-2-4-8-20/h2-10,15-16,19,22,35H,11-14,17H2,1H3,(H,31,33). The zero-order valence-corrected chi connectivity index (χ0v) is 20.3. The Bertz CT molecular complexity index is 1260. The molecule has 6 nitrogen and oxygen atoms in total. The molecular weight excluding hydrogens is 462 g/mol. The highest BCUT2D eigenvalue weighted by molar-refractivity contribution is 6.30. The molecule has 2 heterocycles. The average Bonchev–Trinajstić information content (AvgIpc) is 3.10. The Hall–Kier alpha value is -3.22. The molecule has 1 unspecified atom stereocenters. The maximum Gasteiger partial charge on any atom is 0.268 e. The van der Waals surface area contributed by atoms with E-state index in [1.54, 1.807) is 30.0 Å². The van der Waals surface area contributed by atoms with Gasteiger partial charge in [0.1, 0.15) is 0 Å². The van der Waals surface area contributed by atoms with Crippen LogP contribution in [0.15, 0.2) is 66.9 Å². The van der Waals surface area contributed by atoms with E-state index in [0.29, 0.717) is 34.0 Å². The average molecular weight is 490 g/mol. The van der Waals surface area contributed by atoms with Gasteiger partial charge in [0.25, 0.3) is 11.8 Å². The van der Waals surface area contributed by atoms with Crippen LogP contribution in [0.5, 0.6) is 0 Å². The number of benzene rings is 2. The molecule has 1 fully saturated rings. The fourth-order valence-electron chi connectivity index (χ4n) is 5.32. The highest BCUT2D eigenvalue weighted by Gasteiger charge is 2.51. The second-order valence-electron chi connectivity index (χ2n) is 9.49. The molecule has 2 amide bonds. The molecule has 1 aliphatic carbocycles. The number of carbonyl (C=O) groups excluding carboxylic acids is 2. The number of hydrogen-bond acceptors (Lipinski definition) is 4. The van der Waals surface area contributed by atoms with E-state index in [0.717, 1.165) is 31.4 Å². The number of carbonyl (C=O) groups is 2. The molecule has 0 spiro atoms. The zero-order valence-electron chi connectivity index (χ0n) is 19.6. The first-order valence-corrected chi connectivity index (χ1v) is 12.4. The normalized spacial score (nSPS) is 23.7. The van der Waals surface area contributed by atoms with Crippen LogP contribution >= 0.6 is 11.6 Å². The van der Waals surface area contributed by atoms with Crippen LogP contribution in [0, 0.1) is 12.8 Å². The molecule has 0 bridgehead atoms. The molecule has 2 aliphatic rings. The number of pyridine rings is 1. The second-order valence-corrected chi connectivity index (χ2v) is 9.92. The molecule has 1 aliphatic heterocycles. The third kappa shape index (κ3) is 4.32. The lowest BCUT2D eigenvalue weighted by Gasteiger charge is -2.32. The molecule has 5 rings (SSSR count). The number of halogens is 1. The quantitative estimate of drug-likeness (QED) is 0.548. The van der Waals surface area contributed by atoms with Crippen molar-refractivity contribution in [1.82, 2.24) is 10.3 Å². The predicted molar refractivity (Wildman–Crippen MR) is 135 cm³/mol. The lowest BCUT2D eigenvalue weighted by Crippen LogP contribution is -2.44. The van der Waals surface area contributed by atoms with Gasteiger partial charge in [-0.15, -0.1) is 0 Å². The lowest BCUT2D eigenvalue weighted by molar-refractivity contribution is -0.132. The van der Waals surface area contributed by atoms with Crippen LogP contribution in [0.3, 0.4) is 0 Å². The van der Waals surface area contributed by atoms with Gasteiger partial charge < -0.3 is 15.3 Å². The summed E-state index contributed by atoms with van der Waals surface area (Å²) >= 11 is 6.02. The molecule has 0 radical (unpaired) electrons. The summed E-state index contributed by atoms with van der Waals surface area (Å²) in [6.45, 7) is 2.34. The Kier molecular flexibility index (Phi) is 6.34. The fourth-order valence-corrected chi connectivity index (χ4v) is 5.48. The number of amides is 2. The van der Waals surface area contributed by atoms with Gasteiger partial charge in [-0.05, 0) is 56.2 Å². The van der Waals surface area contributed by atoms with Crippen molar-refractivity contribution < 1.29 is 14.7 Å². The number of fused-ring (bicyclic) bond motifs is 1. The first kappa shape index (κ1) is 23.5. The molecule has 1 aromatic heterocycles. The smallest absolute Gasteiger partial charge is 0.268 e. The minimum atomic E-state index is -1.67. The Morgan fingerprint density at radius 3 is 2.54 bits per heavy atom. The van der Waals surface area contributed by atoms with Gasteiger partial charge in [-0.2, -0.15) is 0 Å². The Morgan fingerprint density at radius 1 is 1.11 bits per heavy atom. The van der Waals surface area contributed by atoms with Crippen LogP contribution in [0.25, 0.3) is 0 Å². The highest BCUT2D eigenvalue weighted by atomic mass is 35.5. The van der Waals surface area contributed by atoms with Gasteiger partial charge >= 0.3 is 0 Å². The fraction of sp³-hybridized carbons (Fsp3) is 0.321. The van der Waals surface area contributed by atoms with E-state index in [2.05, 4.69) is 10.3 Å². The van der Waals surface area contributed by atoms with Crippen molar-refractivity contribution in [2.24, 2.45) is 5.92 Å². The SMILES string of the molecule is Cc1ncc(Cl)cc1C(=O)NC1CCC(CN2C(=O)C(O)(c3ccccc3)c3ccccc32)CC1. The predicted octanol–water partition coefficient (Wildman–Crippen LogP) is 4.61. The van der Waals surface area contributed by atoms with Crippen LogP contribution < -0.4 is 10.2 Å². The summed E-state index contributed by atoms with van der Waals surface area (Å²) in [7, 11) is 0. The van der Waals surface area contributed by atoms with E-state index in [9.17, 15) is 14.7 Å².